The van der Waals surface area contributed by atoms with Gasteiger partial charge in [-0.1, -0.05) is 25.1 Å². The summed E-state index contributed by atoms with van der Waals surface area (Å²) < 4.78 is 0. The normalized spacial score (nSPS) is 20.3. The highest BCUT2D eigenvalue weighted by molar-refractivity contribution is 6.01. The zero-order valence-corrected chi connectivity index (χ0v) is 14.0. The van der Waals surface area contributed by atoms with Crippen LogP contribution in [0.15, 0.2) is 30.3 Å². The molecule has 1 saturated heterocycles. The van der Waals surface area contributed by atoms with Crippen LogP contribution in [0.4, 0.5) is 5.69 Å². The van der Waals surface area contributed by atoms with E-state index in [-0.39, 0.29) is 42.2 Å². The van der Waals surface area contributed by atoms with Crippen molar-refractivity contribution >= 4 is 29.9 Å². The minimum absolute atomic E-state index is 0. The topological polar surface area (TPSA) is 66.6 Å². The summed E-state index contributed by atoms with van der Waals surface area (Å²) in [6.07, 6.45) is 0.654. The van der Waals surface area contributed by atoms with Crippen LogP contribution in [0, 0.1) is 5.92 Å². The summed E-state index contributed by atoms with van der Waals surface area (Å²) in [5.74, 6) is -0.374. The van der Waals surface area contributed by atoms with E-state index in [1.54, 1.807) is 23.8 Å². The number of benzene rings is 1. The van der Waals surface area contributed by atoms with Crippen molar-refractivity contribution in [3.05, 3.63) is 30.3 Å². The number of para-hydroxylation sites is 1. The van der Waals surface area contributed by atoms with Crippen molar-refractivity contribution in [2.75, 3.05) is 18.5 Å². The molecular formula is C16H24ClN3O2. The molecule has 2 N–H and O–H groups in total. The van der Waals surface area contributed by atoms with E-state index in [0.29, 0.717) is 13.0 Å². The van der Waals surface area contributed by atoms with Crippen molar-refractivity contribution in [3.63, 3.8) is 0 Å². The molecule has 1 fully saturated rings. The number of hydrogen-bond acceptors (Lipinski definition) is 3. The van der Waals surface area contributed by atoms with Crippen molar-refractivity contribution in [1.29, 1.82) is 0 Å². The molecule has 1 aliphatic heterocycles. The third kappa shape index (κ3) is 3.59. The second kappa shape index (κ2) is 7.61. The highest BCUT2D eigenvalue weighted by atomic mass is 35.5. The van der Waals surface area contributed by atoms with E-state index < -0.39 is 0 Å². The summed E-state index contributed by atoms with van der Waals surface area (Å²) in [5.41, 5.74) is 6.66. The average molecular weight is 326 g/mol. The fraction of sp³-hybridized carbons (Fsp3) is 0.500. The van der Waals surface area contributed by atoms with Gasteiger partial charge in [-0.15, -0.1) is 12.4 Å². The van der Waals surface area contributed by atoms with E-state index >= 15 is 0 Å². The molecule has 1 aliphatic rings. The fourth-order valence-corrected chi connectivity index (χ4v) is 2.59. The standard InChI is InChI=1S/C16H23N3O2.ClH/c1-11(12(2)17)15(20)18(3)14-9-10-19(16(14)21)13-7-5-4-6-8-13;/h4-8,11-12,14H,9-10,17H2,1-3H3;1H. The molecule has 0 spiro atoms. The molecule has 1 aromatic rings. The first kappa shape index (κ1) is 18.5. The fourth-order valence-electron chi connectivity index (χ4n) is 2.59. The molecular weight excluding hydrogens is 302 g/mol. The highest BCUT2D eigenvalue weighted by Crippen LogP contribution is 2.24. The number of halogens is 1. The molecule has 5 nitrogen and oxygen atoms in total. The van der Waals surface area contributed by atoms with E-state index in [0.717, 1.165) is 5.69 Å². The molecule has 1 heterocycles. The Kier molecular flexibility index (Phi) is 6.38. The number of anilines is 1. The molecule has 2 rings (SSSR count). The lowest BCUT2D eigenvalue weighted by Gasteiger charge is -2.28. The Morgan fingerprint density at radius 3 is 2.45 bits per heavy atom. The summed E-state index contributed by atoms with van der Waals surface area (Å²) in [6, 6.07) is 8.94. The van der Waals surface area contributed by atoms with E-state index in [9.17, 15) is 9.59 Å². The molecule has 0 aliphatic carbocycles. The Morgan fingerprint density at radius 1 is 1.32 bits per heavy atom. The second-order valence-electron chi connectivity index (χ2n) is 5.73. The Balaban J connectivity index is 0.00000242. The van der Waals surface area contributed by atoms with Gasteiger partial charge in [-0.3, -0.25) is 9.59 Å². The molecule has 3 atom stereocenters. The van der Waals surface area contributed by atoms with Gasteiger partial charge in [0.25, 0.3) is 0 Å². The summed E-state index contributed by atoms with van der Waals surface area (Å²) >= 11 is 0. The third-order valence-electron chi connectivity index (χ3n) is 4.24. The summed E-state index contributed by atoms with van der Waals surface area (Å²) in [5, 5.41) is 0. The maximum atomic E-state index is 12.5. The Hall–Kier alpha value is -1.59. The van der Waals surface area contributed by atoms with Gasteiger partial charge in [-0.05, 0) is 25.5 Å². The number of carbonyl (C=O) groups is 2. The lowest BCUT2D eigenvalue weighted by Crippen LogP contribution is -2.47. The lowest BCUT2D eigenvalue weighted by atomic mass is 10.0. The van der Waals surface area contributed by atoms with Gasteiger partial charge in [-0.25, -0.2) is 0 Å². The van der Waals surface area contributed by atoms with E-state index in [4.69, 9.17) is 5.73 Å². The molecule has 1 aromatic carbocycles. The third-order valence-corrected chi connectivity index (χ3v) is 4.24. The molecule has 2 amide bonds. The average Bonchev–Trinajstić information content (AvgIpc) is 2.87. The van der Waals surface area contributed by atoms with Crippen LogP contribution in [-0.4, -0.2) is 42.4 Å². The predicted octanol–water partition coefficient (Wildman–Crippen LogP) is 1.66. The SMILES string of the molecule is CC(N)C(C)C(=O)N(C)C1CCN(c2ccccc2)C1=O.Cl. The first-order chi connectivity index (χ1) is 9.93. The van der Waals surface area contributed by atoms with Gasteiger partial charge in [0.1, 0.15) is 6.04 Å². The van der Waals surface area contributed by atoms with Gasteiger partial charge < -0.3 is 15.5 Å². The number of nitrogens with two attached hydrogens (primary N) is 1. The number of likely N-dealkylation sites (N-methyl/N-ethyl adjacent to an activating group) is 1. The predicted molar refractivity (Wildman–Crippen MR) is 90.0 cm³/mol. The van der Waals surface area contributed by atoms with Crippen molar-refractivity contribution < 1.29 is 9.59 Å². The van der Waals surface area contributed by atoms with Crippen LogP contribution >= 0.6 is 12.4 Å². The molecule has 6 heteroatoms. The zero-order valence-electron chi connectivity index (χ0n) is 13.2. The number of hydrogen-bond donors (Lipinski definition) is 1. The van der Waals surface area contributed by atoms with Crippen molar-refractivity contribution in [1.82, 2.24) is 4.90 Å². The van der Waals surface area contributed by atoms with Crippen molar-refractivity contribution in [2.45, 2.75) is 32.4 Å². The molecule has 122 valence electrons. The molecule has 22 heavy (non-hydrogen) atoms. The first-order valence-electron chi connectivity index (χ1n) is 7.32. The van der Waals surface area contributed by atoms with Crippen LogP contribution in [0.5, 0.6) is 0 Å². The summed E-state index contributed by atoms with van der Waals surface area (Å²) in [6.45, 7) is 4.25. The number of amides is 2. The Bertz CT molecular complexity index is 521. The van der Waals surface area contributed by atoms with Gasteiger partial charge in [-0.2, -0.15) is 0 Å². The summed E-state index contributed by atoms with van der Waals surface area (Å²) in [7, 11) is 1.69. The highest BCUT2D eigenvalue weighted by Gasteiger charge is 2.38. The van der Waals surface area contributed by atoms with Crippen LogP contribution in [0.1, 0.15) is 20.3 Å². The number of nitrogens with zero attached hydrogens (tertiary/aromatic N) is 2. The number of carbonyl (C=O) groups excluding carboxylic acids is 2. The largest absolute Gasteiger partial charge is 0.333 e. The van der Waals surface area contributed by atoms with Gasteiger partial charge >= 0.3 is 0 Å². The van der Waals surface area contributed by atoms with E-state index in [1.165, 1.54) is 0 Å². The maximum Gasteiger partial charge on any atom is 0.249 e. The van der Waals surface area contributed by atoms with Crippen LogP contribution in [-0.2, 0) is 9.59 Å². The smallest absolute Gasteiger partial charge is 0.249 e. The quantitative estimate of drug-likeness (QED) is 0.915. The van der Waals surface area contributed by atoms with E-state index in [1.807, 2.05) is 37.3 Å². The molecule has 0 bridgehead atoms. The van der Waals surface area contributed by atoms with E-state index in [2.05, 4.69) is 0 Å². The Labute approximate surface area is 137 Å². The minimum Gasteiger partial charge on any atom is -0.333 e. The molecule has 0 aromatic heterocycles. The van der Waals surface area contributed by atoms with Gasteiger partial charge in [0.05, 0.1) is 5.92 Å². The van der Waals surface area contributed by atoms with Gasteiger partial charge in [0.15, 0.2) is 0 Å². The van der Waals surface area contributed by atoms with Crippen LogP contribution in [0.2, 0.25) is 0 Å². The van der Waals surface area contributed by atoms with Crippen LogP contribution in [0.25, 0.3) is 0 Å². The molecule has 3 unspecified atom stereocenters. The lowest BCUT2D eigenvalue weighted by molar-refractivity contribution is -0.140. The first-order valence-corrected chi connectivity index (χ1v) is 7.32. The molecule has 0 saturated carbocycles. The van der Waals surface area contributed by atoms with Gasteiger partial charge in [0.2, 0.25) is 11.8 Å². The number of rotatable bonds is 4. The summed E-state index contributed by atoms with van der Waals surface area (Å²) in [4.78, 5) is 28.2. The monoisotopic (exact) mass is 325 g/mol. The minimum atomic E-state index is -0.390. The van der Waals surface area contributed by atoms with Crippen molar-refractivity contribution in [2.24, 2.45) is 11.7 Å². The van der Waals surface area contributed by atoms with Crippen LogP contribution < -0.4 is 10.6 Å². The molecule has 0 radical (unpaired) electrons. The van der Waals surface area contributed by atoms with Crippen LogP contribution in [0.3, 0.4) is 0 Å². The second-order valence-corrected chi connectivity index (χ2v) is 5.73. The maximum absolute atomic E-state index is 12.5. The Morgan fingerprint density at radius 2 is 1.91 bits per heavy atom. The zero-order chi connectivity index (χ0) is 15.6. The van der Waals surface area contributed by atoms with Gasteiger partial charge in [0, 0.05) is 25.3 Å². The van der Waals surface area contributed by atoms with Crippen molar-refractivity contribution in [3.8, 4) is 0 Å².